The van der Waals surface area contributed by atoms with Crippen LogP contribution in [0.4, 0.5) is 5.69 Å². The van der Waals surface area contributed by atoms with Crippen molar-refractivity contribution in [3.63, 3.8) is 0 Å². The van der Waals surface area contributed by atoms with Crippen LogP contribution in [0.15, 0.2) is 24.3 Å². The van der Waals surface area contributed by atoms with E-state index >= 15 is 0 Å². The van der Waals surface area contributed by atoms with Gasteiger partial charge in [0.2, 0.25) is 5.91 Å². The van der Waals surface area contributed by atoms with Gasteiger partial charge in [0.25, 0.3) is 0 Å². The topological polar surface area (TPSA) is 32.3 Å². The van der Waals surface area contributed by atoms with Gasteiger partial charge < -0.3 is 10.2 Å². The summed E-state index contributed by atoms with van der Waals surface area (Å²) >= 11 is 0. The van der Waals surface area contributed by atoms with E-state index in [4.69, 9.17) is 0 Å². The number of fused-ring (bicyclic) bond motifs is 1. The first-order valence-corrected chi connectivity index (χ1v) is 5.32. The molecule has 1 amide bonds. The van der Waals surface area contributed by atoms with Crippen molar-refractivity contribution in [3.05, 3.63) is 29.8 Å². The van der Waals surface area contributed by atoms with Gasteiger partial charge in [0.15, 0.2) is 0 Å². The van der Waals surface area contributed by atoms with Crippen molar-refractivity contribution >= 4 is 11.6 Å². The van der Waals surface area contributed by atoms with E-state index < -0.39 is 0 Å². The van der Waals surface area contributed by atoms with Crippen LogP contribution in [-0.2, 0) is 11.2 Å². The highest BCUT2D eigenvalue weighted by atomic mass is 16.1. The van der Waals surface area contributed by atoms with E-state index in [2.05, 4.69) is 23.3 Å². The van der Waals surface area contributed by atoms with E-state index in [1.54, 1.807) is 0 Å². The van der Waals surface area contributed by atoms with E-state index in [0.29, 0.717) is 6.42 Å². The van der Waals surface area contributed by atoms with Crippen LogP contribution in [0.25, 0.3) is 0 Å². The van der Waals surface area contributed by atoms with Gasteiger partial charge in [0, 0.05) is 25.2 Å². The third-order valence-corrected chi connectivity index (χ3v) is 2.77. The molecule has 80 valence electrons. The Morgan fingerprint density at radius 3 is 2.80 bits per heavy atom. The first-order chi connectivity index (χ1) is 7.25. The summed E-state index contributed by atoms with van der Waals surface area (Å²) in [6.07, 6.45) is 1.57. The Labute approximate surface area is 90.1 Å². The lowest BCUT2D eigenvalue weighted by molar-refractivity contribution is -0.116. The molecule has 0 atom stereocenters. The van der Waals surface area contributed by atoms with Crippen molar-refractivity contribution < 1.29 is 4.79 Å². The second-order valence-electron chi connectivity index (χ2n) is 4.01. The van der Waals surface area contributed by atoms with Crippen LogP contribution in [0, 0.1) is 0 Å². The molecule has 0 saturated heterocycles. The number of likely N-dealkylation sites (N-methyl/N-ethyl adjacent to an activating group) is 1. The molecular formula is C12H16N2O. The quantitative estimate of drug-likeness (QED) is 0.694. The summed E-state index contributed by atoms with van der Waals surface area (Å²) in [7, 11) is 2.06. The highest BCUT2D eigenvalue weighted by molar-refractivity contribution is 5.91. The Morgan fingerprint density at radius 1 is 1.20 bits per heavy atom. The van der Waals surface area contributed by atoms with Crippen molar-refractivity contribution in [2.75, 3.05) is 25.5 Å². The molecule has 0 unspecified atom stereocenters. The summed E-state index contributed by atoms with van der Waals surface area (Å²) in [5.74, 6) is 0.108. The highest BCUT2D eigenvalue weighted by Gasteiger charge is 2.11. The number of nitrogens with one attached hydrogen (secondary N) is 1. The molecule has 3 nitrogen and oxygen atoms in total. The maximum absolute atomic E-state index is 11.6. The van der Waals surface area contributed by atoms with Gasteiger partial charge in [-0.15, -0.1) is 0 Å². The summed E-state index contributed by atoms with van der Waals surface area (Å²) in [4.78, 5) is 13.8. The molecule has 0 bridgehead atoms. The lowest BCUT2D eigenvalue weighted by Crippen LogP contribution is -2.24. The fraction of sp³-hybridized carbons (Fsp3) is 0.417. The fourth-order valence-corrected chi connectivity index (χ4v) is 1.79. The fourth-order valence-electron chi connectivity index (χ4n) is 1.79. The van der Waals surface area contributed by atoms with E-state index in [1.165, 1.54) is 5.56 Å². The molecule has 1 aliphatic rings. The molecule has 1 N–H and O–H groups in total. The Kier molecular flexibility index (Phi) is 3.02. The number of carbonyl (C=O) groups is 1. The van der Waals surface area contributed by atoms with Crippen molar-refractivity contribution in [3.8, 4) is 0 Å². The number of anilines is 1. The van der Waals surface area contributed by atoms with Crippen LogP contribution in [0.1, 0.15) is 12.0 Å². The van der Waals surface area contributed by atoms with E-state index in [9.17, 15) is 4.79 Å². The molecule has 0 aromatic heterocycles. The maximum atomic E-state index is 11.6. The molecule has 1 aromatic carbocycles. The van der Waals surface area contributed by atoms with Crippen molar-refractivity contribution in [2.24, 2.45) is 0 Å². The highest BCUT2D eigenvalue weighted by Crippen LogP contribution is 2.17. The summed E-state index contributed by atoms with van der Waals surface area (Å²) in [6.45, 7) is 1.84. The Hall–Kier alpha value is -1.35. The third-order valence-electron chi connectivity index (χ3n) is 2.77. The third kappa shape index (κ3) is 2.57. The summed E-state index contributed by atoms with van der Waals surface area (Å²) in [6, 6.07) is 8.02. The number of para-hydroxylation sites is 1. The number of hydrogen-bond acceptors (Lipinski definition) is 2. The predicted octanol–water partition coefficient (Wildman–Crippen LogP) is 1.50. The van der Waals surface area contributed by atoms with Gasteiger partial charge in [-0.2, -0.15) is 0 Å². The molecule has 0 fully saturated rings. The minimum Gasteiger partial charge on any atom is -0.326 e. The molecule has 1 heterocycles. The van der Waals surface area contributed by atoms with Crippen molar-refractivity contribution in [1.82, 2.24) is 4.90 Å². The number of benzene rings is 1. The lowest BCUT2D eigenvalue weighted by atomic mass is 10.1. The number of hydrogen-bond donors (Lipinski definition) is 1. The van der Waals surface area contributed by atoms with Gasteiger partial charge >= 0.3 is 0 Å². The van der Waals surface area contributed by atoms with Gasteiger partial charge in [0.1, 0.15) is 0 Å². The van der Waals surface area contributed by atoms with Gasteiger partial charge in [-0.3, -0.25) is 4.79 Å². The monoisotopic (exact) mass is 204 g/mol. The molecule has 1 aromatic rings. The van der Waals surface area contributed by atoms with Crippen molar-refractivity contribution in [2.45, 2.75) is 12.8 Å². The maximum Gasteiger partial charge on any atom is 0.225 e. The average molecular weight is 204 g/mol. The first kappa shape index (κ1) is 10.2. The number of nitrogens with zero attached hydrogens (tertiary/aromatic N) is 1. The lowest BCUT2D eigenvalue weighted by Gasteiger charge is -2.13. The Bertz CT molecular complexity index is 362. The van der Waals surface area contributed by atoms with Crippen LogP contribution >= 0.6 is 0 Å². The second kappa shape index (κ2) is 4.45. The molecule has 0 saturated carbocycles. The molecule has 15 heavy (non-hydrogen) atoms. The van der Waals surface area contributed by atoms with Gasteiger partial charge in [-0.1, -0.05) is 18.2 Å². The SMILES string of the molecule is CN1CCC(=O)Nc2ccccc2CC1. The summed E-state index contributed by atoms with van der Waals surface area (Å²) < 4.78 is 0. The van der Waals surface area contributed by atoms with Gasteiger partial charge in [-0.25, -0.2) is 0 Å². The van der Waals surface area contributed by atoms with Crippen molar-refractivity contribution in [1.29, 1.82) is 0 Å². The van der Waals surface area contributed by atoms with E-state index in [1.807, 2.05) is 18.2 Å². The van der Waals surface area contributed by atoms with Crippen LogP contribution in [0.3, 0.4) is 0 Å². The number of rotatable bonds is 0. The molecule has 0 radical (unpaired) electrons. The normalized spacial score (nSPS) is 18.3. The zero-order valence-corrected chi connectivity index (χ0v) is 8.99. The Balaban J connectivity index is 2.25. The average Bonchev–Trinajstić information content (AvgIpc) is 2.30. The number of carbonyl (C=O) groups excluding carboxylic acids is 1. The second-order valence-corrected chi connectivity index (χ2v) is 4.01. The first-order valence-electron chi connectivity index (χ1n) is 5.32. The van der Waals surface area contributed by atoms with Crippen LogP contribution in [-0.4, -0.2) is 30.9 Å². The summed E-state index contributed by atoms with van der Waals surface area (Å²) in [5, 5.41) is 2.96. The smallest absolute Gasteiger partial charge is 0.225 e. The van der Waals surface area contributed by atoms with E-state index in [-0.39, 0.29) is 5.91 Å². The van der Waals surface area contributed by atoms with Crippen LogP contribution in [0.2, 0.25) is 0 Å². The Morgan fingerprint density at radius 2 is 1.93 bits per heavy atom. The number of amides is 1. The van der Waals surface area contributed by atoms with E-state index in [0.717, 1.165) is 25.2 Å². The molecule has 2 rings (SSSR count). The molecular weight excluding hydrogens is 188 g/mol. The molecule has 1 aliphatic heterocycles. The van der Waals surface area contributed by atoms with Crippen LogP contribution in [0.5, 0.6) is 0 Å². The minimum atomic E-state index is 0.108. The minimum absolute atomic E-state index is 0.108. The molecule has 0 aliphatic carbocycles. The van der Waals surface area contributed by atoms with Gasteiger partial charge in [0.05, 0.1) is 0 Å². The van der Waals surface area contributed by atoms with Crippen LogP contribution < -0.4 is 5.32 Å². The molecule has 0 spiro atoms. The predicted molar refractivity (Wildman–Crippen MR) is 60.9 cm³/mol. The standard InChI is InChI=1S/C12H16N2O/c1-14-8-6-10-4-2-3-5-11(10)13-12(15)7-9-14/h2-5H,6-9H2,1H3,(H,13,15). The van der Waals surface area contributed by atoms with Gasteiger partial charge in [-0.05, 0) is 25.1 Å². The zero-order valence-electron chi connectivity index (χ0n) is 8.99. The molecule has 3 heteroatoms. The zero-order chi connectivity index (χ0) is 10.7. The largest absolute Gasteiger partial charge is 0.326 e. The summed E-state index contributed by atoms with van der Waals surface area (Å²) in [5.41, 5.74) is 2.19.